The molecule has 0 saturated heterocycles. The lowest BCUT2D eigenvalue weighted by Gasteiger charge is -2.22. The summed E-state index contributed by atoms with van der Waals surface area (Å²) in [7, 11) is 0. The fourth-order valence-corrected chi connectivity index (χ4v) is 8.39. The van der Waals surface area contributed by atoms with Crippen LogP contribution in [0.4, 0.5) is 0 Å². The lowest BCUT2D eigenvalue weighted by molar-refractivity contribution is 0.941. The van der Waals surface area contributed by atoms with E-state index in [1.54, 1.807) is 0 Å². The predicted octanol–water partition coefficient (Wildman–Crippen LogP) is 10.6. The summed E-state index contributed by atoms with van der Waals surface area (Å²) < 4.78 is 4.68. The summed E-state index contributed by atoms with van der Waals surface area (Å²) in [6, 6.07) is 43.5. The summed E-state index contributed by atoms with van der Waals surface area (Å²) in [5.74, 6) is 1.83. The van der Waals surface area contributed by atoms with Gasteiger partial charge in [-0.1, -0.05) is 48.5 Å². The quantitative estimate of drug-likeness (QED) is 0.188. The molecule has 0 radical (unpaired) electrons. The van der Waals surface area contributed by atoms with Gasteiger partial charge >= 0.3 is 0 Å². The van der Waals surface area contributed by atoms with Crippen molar-refractivity contribution in [2.45, 2.75) is 12.8 Å². The van der Waals surface area contributed by atoms with Crippen LogP contribution in [0.25, 0.3) is 88.6 Å². The molecular weight excluding hydrogens is 637 g/mol. The van der Waals surface area contributed by atoms with Gasteiger partial charge in [-0.15, -0.1) is 0 Å². The molecule has 52 heavy (non-hydrogen) atoms. The molecule has 6 nitrogen and oxygen atoms in total. The normalized spacial score (nSPS) is 12.5. The van der Waals surface area contributed by atoms with Gasteiger partial charge in [-0.25, -0.2) is 9.97 Å². The maximum Gasteiger partial charge on any atom is 0.137 e. The van der Waals surface area contributed by atoms with Crippen LogP contribution in [0.2, 0.25) is 0 Å². The largest absolute Gasteiger partial charge is 0.294 e. The lowest BCUT2D eigenvalue weighted by atomic mass is 9.83. The molecule has 11 rings (SSSR count). The van der Waals surface area contributed by atoms with E-state index in [0.29, 0.717) is 0 Å². The Morgan fingerprint density at radius 1 is 0.423 bits per heavy atom. The Balaban J connectivity index is 1.18. The van der Waals surface area contributed by atoms with Gasteiger partial charge in [0.1, 0.15) is 11.6 Å². The first-order chi connectivity index (χ1) is 25.8. The number of hydrogen-bond donors (Lipinski definition) is 0. The Kier molecular flexibility index (Phi) is 6.28. The van der Waals surface area contributed by atoms with Crippen molar-refractivity contribution >= 4 is 43.6 Å². The van der Waals surface area contributed by atoms with E-state index in [-0.39, 0.29) is 0 Å². The van der Waals surface area contributed by atoms with Gasteiger partial charge in [0.05, 0.1) is 22.1 Å². The monoisotopic (exact) mass is 666 g/mol. The van der Waals surface area contributed by atoms with Gasteiger partial charge in [0.2, 0.25) is 0 Å². The van der Waals surface area contributed by atoms with E-state index in [0.717, 1.165) is 63.3 Å². The SMILES string of the molecule is c1ccc(-n2c3ccc(-c4cccnc4)cc3c3cc4c(cc32)-c2ccc3c5cc(-c6cccnc6)ccc5n(-c5ccccn5)c3c2CC4)nc1. The average molecular weight is 667 g/mol. The minimum absolute atomic E-state index is 0.905. The summed E-state index contributed by atoms with van der Waals surface area (Å²) in [5, 5.41) is 4.90. The van der Waals surface area contributed by atoms with Gasteiger partial charge in [-0.3, -0.25) is 19.1 Å². The smallest absolute Gasteiger partial charge is 0.137 e. The van der Waals surface area contributed by atoms with Crippen LogP contribution in [0, 0.1) is 0 Å². The van der Waals surface area contributed by atoms with Crippen LogP contribution in [0.5, 0.6) is 0 Å². The molecule has 244 valence electrons. The Bertz CT molecular complexity index is 2930. The molecule has 0 atom stereocenters. The highest BCUT2D eigenvalue weighted by Crippen LogP contribution is 2.45. The molecular formula is C46H30N6. The van der Waals surface area contributed by atoms with Crippen molar-refractivity contribution < 1.29 is 0 Å². The van der Waals surface area contributed by atoms with Crippen molar-refractivity contribution in [1.29, 1.82) is 0 Å². The third-order valence-corrected chi connectivity index (χ3v) is 10.7. The Morgan fingerprint density at radius 3 is 1.69 bits per heavy atom. The summed E-state index contributed by atoms with van der Waals surface area (Å²) in [6.45, 7) is 0. The van der Waals surface area contributed by atoms with Gasteiger partial charge in [-0.05, 0) is 119 Å². The van der Waals surface area contributed by atoms with E-state index < -0.39 is 0 Å². The molecule has 0 unspecified atom stereocenters. The second-order valence-electron chi connectivity index (χ2n) is 13.5. The highest BCUT2D eigenvalue weighted by Gasteiger charge is 2.26. The minimum atomic E-state index is 0.905. The van der Waals surface area contributed by atoms with Crippen molar-refractivity contribution in [2.24, 2.45) is 0 Å². The fourth-order valence-electron chi connectivity index (χ4n) is 8.39. The summed E-state index contributed by atoms with van der Waals surface area (Å²) in [4.78, 5) is 18.5. The molecule has 0 aliphatic heterocycles. The summed E-state index contributed by atoms with van der Waals surface area (Å²) in [5.41, 5.74) is 14.5. The average Bonchev–Trinajstić information content (AvgIpc) is 3.73. The zero-order chi connectivity index (χ0) is 34.2. The molecule has 0 amide bonds. The molecule has 0 spiro atoms. The van der Waals surface area contributed by atoms with Crippen LogP contribution >= 0.6 is 0 Å². The first kappa shape index (κ1) is 28.9. The van der Waals surface area contributed by atoms with E-state index >= 15 is 0 Å². The van der Waals surface area contributed by atoms with E-state index in [1.165, 1.54) is 49.3 Å². The Morgan fingerprint density at radius 2 is 1.06 bits per heavy atom. The number of pyridine rings is 4. The summed E-state index contributed by atoms with van der Waals surface area (Å²) >= 11 is 0. The highest BCUT2D eigenvalue weighted by atomic mass is 15.1. The molecule has 1 aliphatic rings. The van der Waals surface area contributed by atoms with E-state index in [1.807, 2.05) is 61.4 Å². The molecule has 0 saturated carbocycles. The van der Waals surface area contributed by atoms with Gasteiger partial charge in [0.15, 0.2) is 0 Å². The first-order valence-corrected chi connectivity index (χ1v) is 17.7. The zero-order valence-corrected chi connectivity index (χ0v) is 28.1. The number of hydrogen-bond acceptors (Lipinski definition) is 4. The van der Waals surface area contributed by atoms with Crippen LogP contribution in [0.1, 0.15) is 11.1 Å². The van der Waals surface area contributed by atoms with E-state index in [4.69, 9.17) is 9.97 Å². The van der Waals surface area contributed by atoms with Crippen molar-refractivity contribution in [2.75, 3.05) is 0 Å². The van der Waals surface area contributed by atoms with Crippen LogP contribution < -0.4 is 0 Å². The van der Waals surface area contributed by atoms with Crippen molar-refractivity contribution in [1.82, 2.24) is 29.1 Å². The predicted molar refractivity (Wildman–Crippen MR) is 210 cm³/mol. The third-order valence-electron chi connectivity index (χ3n) is 10.7. The summed E-state index contributed by atoms with van der Waals surface area (Å²) in [6.07, 6.45) is 13.1. The Hall–Kier alpha value is -6.92. The van der Waals surface area contributed by atoms with Gasteiger partial charge in [0, 0.05) is 69.9 Å². The molecule has 0 fully saturated rings. The van der Waals surface area contributed by atoms with E-state index in [2.05, 4.69) is 116 Å². The fraction of sp³-hybridized carbons (Fsp3) is 0.0435. The van der Waals surface area contributed by atoms with Gasteiger partial charge in [-0.2, -0.15) is 0 Å². The first-order valence-electron chi connectivity index (χ1n) is 17.7. The molecule has 0 bridgehead atoms. The molecule has 1 aliphatic carbocycles. The van der Waals surface area contributed by atoms with Crippen LogP contribution in [-0.2, 0) is 12.8 Å². The maximum atomic E-state index is 4.87. The number of nitrogens with zero attached hydrogens (tertiary/aromatic N) is 6. The number of rotatable bonds is 4. The van der Waals surface area contributed by atoms with Crippen LogP contribution in [-0.4, -0.2) is 29.1 Å². The second-order valence-corrected chi connectivity index (χ2v) is 13.5. The number of aromatic nitrogens is 6. The Labute approximate surface area is 299 Å². The lowest BCUT2D eigenvalue weighted by Crippen LogP contribution is -2.07. The molecule has 6 aromatic heterocycles. The maximum absolute atomic E-state index is 4.87. The topological polar surface area (TPSA) is 61.4 Å². The molecule has 10 aromatic rings. The van der Waals surface area contributed by atoms with Gasteiger partial charge in [0.25, 0.3) is 0 Å². The molecule has 6 heteroatoms. The highest BCUT2D eigenvalue weighted by molar-refractivity contribution is 6.15. The zero-order valence-electron chi connectivity index (χ0n) is 28.1. The number of aryl methyl sites for hydroxylation is 2. The van der Waals surface area contributed by atoms with Crippen molar-refractivity contribution in [3.8, 4) is 45.0 Å². The second kappa shape index (κ2) is 11.3. The van der Waals surface area contributed by atoms with Crippen LogP contribution in [0.3, 0.4) is 0 Å². The standard InChI is InChI=1S/C46H30N6/c1-3-21-49-44(9-1)51-41-17-12-30(33-8-6-20-48-28-33)24-39(41)40-25-31-11-14-35-34(37(31)26-43(40)51)15-16-36-38-23-29(32-7-5-19-47-27-32)13-18-42(38)52(46(35)36)45-10-2-4-22-50-45/h1-10,12-13,15-28H,11,14H2. The molecule has 6 heterocycles. The third kappa shape index (κ3) is 4.31. The minimum Gasteiger partial charge on any atom is -0.294 e. The molecule has 4 aromatic carbocycles. The number of fused-ring (bicyclic) bond motifs is 10. The van der Waals surface area contributed by atoms with Crippen molar-refractivity contribution in [3.63, 3.8) is 0 Å². The molecule has 0 N–H and O–H groups in total. The van der Waals surface area contributed by atoms with E-state index in [9.17, 15) is 0 Å². The van der Waals surface area contributed by atoms with Crippen molar-refractivity contribution in [3.05, 3.63) is 170 Å². The van der Waals surface area contributed by atoms with Crippen LogP contribution in [0.15, 0.2) is 159 Å². The van der Waals surface area contributed by atoms with Gasteiger partial charge < -0.3 is 0 Å². The number of benzene rings is 4.